The van der Waals surface area contributed by atoms with E-state index in [1.807, 2.05) is 84.9 Å². The molecule has 30 heavy (non-hydrogen) atoms. The molecule has 0 unspecified atom stereocenters. The van der Waals surface area contributed by atoms with Crippen molar-refractivity contribution >= 4 is 17.7 Å². The van der Waals surface area contributed by atoms with Crippen LogP contribution in [0.25, 0.3) is 22.6 Å². The van der Waals surface area contributed by atoms with Gasteiger partial charge in [0.05, 0.1) is 0 Å². The molecule has 0 atom stereocenters. The zero-order valence-corrected chi connectivity index (χ0v) is 17.7. The van der Waals surface area contributed by atoms with E-state index in [9.17, 15) is 4.79 Å². The minimum absolute atomic E-state index is 0.00177. The molecule has 0 aliphatic rings. The minimum atomic E-state index is 0.00177. The highest BCUT2D eigenvalue weighted by Crippen LogP contribution is 2.36. The van der Waals surface area contributed by atoms with Gasteiger partial charge in [0, 0.05) is 36.5 Å². The number of thioether (sulfide) groups is 1. The molecular formula is C25H22N2O2S. The molecule has 0 saturated heterocycles. The van der Waals surface area contributed by atoms with Crippen molar-refractivity contribution in [2.24, 2.45) is 0 Å². The highest BCUT2D eigenvalue weighted by molar-refractivity contribution is 7.98. The lowest BCUT2D eigenvalue weighted by molar-refractivity contribution is 0.0827. The molecule has 0 spiro atoms. The summed E-state index contributed by atoms with van der Waals surface area (Å²) in [5, 5.41) is 0.626. The number of carbonyl (C=O) groups excluding carboxylic acids is 1. The summed E-state index contributed by atoms with van der Waals surface area (Å²) in [5.41, 5.74) is 4.66. The van der Waals surface area contributed by atoms with Crippen molar-refractivity contribution in [1.29, 1.82) is 0 Å². The van der Waals surface area contributed by atoms with Crippen LogP contribution in [0.5, 0.6) is 0 Å². The van der Waals surface area contributed by atoms with E-state index in [0.717, 1.165) is 28.1 Å². The van der Waals surface area contributed by atoms with Crippen LogP contribution in [0.2, 0.25) is 0 Å². The first-order valence-corrected chi connectivity index (χ1v) is 10.7. The molecule has 0 aliphatic heterocycles. The maximum Gasteiger partial charge on any atom is 0.257 e. The van der Waals surface area contributed by atoms with Crippen LogP contribution in [0, 0.1) is 0 Å². The van der Waals surface area contributed by atoms with E-state index in [1.54, 1.807) is 30.8 Å². The second-order valence-electron chi connectivity index (χ2n) is 7.07. The number of oxazole rings is 1. The van der Waals surface area contributed by atoms with Gasteiger partial charge in [0.1, 0.15) is 5.69 Å². The first-order chi connectivity index (χ1) is 14.6. The maximum atomic E-state index is 12.0. The highest BCUT2D eigenvalue weighted by Gasteiger charge is 2.17. The van der Waals surface area contributed by atoms with Gasteiger partial charge in [-0.05, 0) is 17.7 Å². The summed E-state index contributed by atoms with van der Waals surface area (Å²) >= 11 is 1.55. The third kappa shape index (κ3) is 4.47. The van der Waals surface area contributed by atoms with E-state index >= 15 is 0 Å². The number of aromatic nitrogens is 1. The topological polar surface area (TPSA) is 46.3 Å². The third-order valence-corrected chi connectivity index (χ3v) is 5.56. The van der Waals surface area contributed by atoms with Gasteiger partial charge in [-0.2, -0.15) is 0 Å². The molecule has 5 heteroatoms. The van der Waals surface area contributed by atoms with Crippen LogP contribution in [0.1, 0.15) is 15.9 Å². The second-order valence-corrected chi connectivity index (χ2v) is 8.00. The predicted octanol–water partition coefficient (Wildman–Crippen LogP) is 6.00. The Labute approximate surface area is 180 Å². The molecule has 0 N–H and O–H groups in total. The summed E-state index contributed by atoms with van der Waals surface area (Å²) in [4.78, 5) is 18.4. The highest BCUT2D eigenvalue weighted by atomic mass is 32.2. The SMILES string of the molecule is CN(C)C(=O)c1ccc(CSc2nc(-c3ccccc3)c(-c3ccccc3)o2)cc1. The number of benzene rings is 3. The smallest absolute Gasteiger partial charge is 0.257 e. The quantitative estimate of drug-likeness (QED) is 0.363. The predicted molar refractivity (Wildman–Crippen MR) is 121 cm³/mol. The number of amides is 1. The van der Waals surface area contributed by atoms with Crippen molar-refractivity contribution in [3.05, 3.63) is 96.1 Å². The first-order valence-electron chi connectivity index (χ1n) is 9.67. The minimum Gasteiger partial charge on any atom is -0.431 e. The van der Waals surface area contributed by atoms with Gasteiger partial charge in [-0.15, -0.1) is 0 Å². The molecule has 1 aromatic heterocycles. The molecule has 1 amide bonds. The number of carbonyl (C=O) groups is 1. The molecule has 4 aromatic rings. The number of nitrogens with zero attached hydrogens (tertiary/aromatic N) is 2. The summed E-state index contributed by atoms with van der Waals surface area (Å²) in [6, 6.07) is 27.8. The number of hydrogen-bond donors (Lipinski definition) is 0. The van der Waals surface area contributed by atoms with E-state index in [1.165, 1.54) is 0 Å². The van der Waals surface area contributed by atoms with Gasteiger partial charge in [0.25, 0.3) is 11.1 Å². The van der Waals surface area contributed by atoms with Gasteiger partial charge in [-0.25, -0.2) is 4.98 Å². The van der Waals surface area contributed by atoms with Gasteiger partial charge in [0.15, 0.2) is 5.76 Å². The molecule has 3 aromatic carbocycles. The van der Waals surface area contributed by atoms with Gasteiger partial charge in [-0.3, -0.25) is 4.79 Å². The normalized spacial score (nSPS) is 10.7. The molecule has 4 rings (SSSR count). The Morgan fingerprint density at radius 2 is 1.47 bits per heavy atom. The summed E-state index contributed by atoms with van der Waals surface area (Å²) in [6.45, 7) is 0. The summed E-state index contributed by atoms with van der Waals surface area (Å²) in [5.74, 6) is 1.48. The summed E-state index contributed by atoms with van der Waals surface area (Å²) in [6.07, 6.45) is 0. The Morgan fingerprint density at radius 1 is 0.867 bits per heavy atom. The Hall–Kier alpha value is -3.31. The van der Waals surface area contributed by atoms with E-state index in [-0.39, 0.29) is 5.91 Å². The van der Waals surface area contributed by atoms with Crippen molar-refractivity contribution < 1.29 is 9.21 Å². The van der Waals surface area contributed by atoms with E-state index in [2.05, 4.69) is 0 Å². The molecule has 0 saturated carbocycles. The maximum absolute atomic E-state index is 12.0. The van der Waals surface area contributed by atoms with Crippen molar-refractivity contribution in [2.75, 3.05) is 14.1 Å². The first kappa shape index (κ1) is 20.0. The molecule has 1 heterocycles. The standard InChI is InChI=1S/C25H22N2O2S/c1-27(2)24(28)21-15-13-18(14-16-21)17-30-25-26-22(19-9-5-3-6-10-19)23(29-25)20-11-7-4-8-12-20/h3-16H,17H2,1-2H3. The third-order valence-electron chi connectivity index (χ3n) is 4.66. The fraction of sp³-hybridized carbons (Fsp3) is 0.120. The molecular weight excluding hydrogens is 392 g/mol. The molecule has 0 bridgehead atoms. The number of hydrogen-bond acceptors (Lipinski definition) is 4. The lowest BCUT2D eigenvalue weighted by atomic mass is 10.1. The van der Waals surface area contributed by atoms with Crippen LogP contribution >= 0.6 is 11.8 Å². The monoisotopic (exact) mass is 414 g/mol. The molecule has 150 valence electrons. The summed E-state index contributed by atoms with van der Waals surface area (Å²) < 4.78 is 6.16. The Balaban J connectivity index is 1.56. The Kier molecular flexibility index (Phi) is 6.00. The average Bonchev–Trinajstić information content (AvgIpc) is 3.23. The Morgan fingerprint density at radius 3 is 2.07 bits per heavy atom. The number of rotatable bonds is 6. The average molecular weight is 415 g/mol. The van der Waals surface area contributed by atoms with E-state index in [0.29, 0.717) is 16.5 Å². The van der Waals surface area contributed by atoms with Crippen LogP contribution in [-0.4, -0.2) is 29.9 Å². The Bertz CT molecular complexity index is 1060. The molecule has 4 nitrogen and oxygen atoms in total. The molecule has 0 radical (unpaired) electrons. The van der Waals surface area contributed by atoms with Crippen LogP contribution in [0.4, 0.5) is 0 Å². The van der Waals surface area contributed by atoms with Crippen molar-refractivity contribution in [2.45, 2.75) is 11.0 Å². The van der Waals surface area contributed by atoms with Gasteiger partial charge < -0.3 is 9.32 Å². The summed E-state index contributed by atoms with van der Waals surface area (Å²) in [7, 11) is 3.51. The van der Waals surface area contributed by atoms with E-state index < -0.39 is 0 Å². The fourth-order valence-corrected chi connectivity index (χ4v) is 3.87. The van der Waals surface area contributed by atoms with Crippen molar-refractivity contribution in [3.63, 3.8) is 0 Å². The molecule has 0 aliphatic carbocycles. The van der Waals surface area contributed by atoms with Gasteiger partial charge in [0.2, 0.25) is 0 Å². The lowest BCUT2D eigenvalue weighted by Crippen LogP contribution is -2.21. The van der Waals surface area contributed by atoms with E-state index in [4.69, 9.17) is 9.40 Å². The van der Waals surface area contributed by atoms with Crippen LogP contribution in [0.3, 0.4) is 0 Å². The van der Waals surface area contributed by atoms with Crippen LogP contribution in [-0.2, 0) is 5.75 Å². The second kappa shape index (κ2) is 9.01. The molecule has 0 fully saturated rings. The van der Waals surface area contributed by atoms with Gasteiger partial charge in [-0.1, -0.05) is 84.6 Å². The van der Waals surface area contributed by atoms with Crippen molar-refractivity contribution in [3.8, 4) is 22.6 Å². The lowest BCUT2D eigenvalue weighted by Gasteiger charge is -2.10. The zero-order chi connectivity index (χ0) is 20.9. The zero-order valence-electron chi connectivity index (χ0n) is 16.9. The van der Waals surface area contributed by atoms with Gasteiger partial charge >= 0.3 is 0 Å². The van der Waals surface area contributed by atoms with Crippen LogP contribution < -0.4 is 0 Å². The fourth-order valence-electron chi connectivity index (χ4n) is 3.09. The van der Waals surface area contributed by atoms with Crippen LogP contribution in [0.15, 0.2) is 94.6 Å². The van der Waals surface area contributed by atoms with Crippen molar-refractivity contribution in [1.82, 2.24) is 9.88 Å². The largest absolute Gasteiger partial charge is 0.431 e.